The van der Waals surface area contributed by atoms with E-state index < -0.39 is 0 Å². The van der Waals surface area contributed by atoms with Crippen molar-refractivity contribution in [2.24, 2.45) is 5.73 Å². The molecule has 3 saturated heterocycles. The van der Waals surface area contributed by atoms with E-state index in [2.05, 4.69) is 6.92 Å². The Kier molecular flexibility index (Phi) is 14.4. The van der Waals surface area contributed by atoms with E-state index in [0.29, 0.717) is 0 Å². The highest BCUT2D eigenvalue weighted by molar-refractivity contribution is 4.63. The van der Waals surface area contributed by atoms with Gasteiger partial charge >= 0.3 is 0 Å². The number of hydrogen-bond donors (Lipinski definition) is 1. The van der Waals surface area contributed by atoms with Gasteiger partial charge in [0.1, 0.15) is 39.3 Å². The number of halogens is 2. The van der Waals surface area contributed by atoms with Gasteiger partial charge in [-0.15, -0.1) is 0 Å². The molecule has 0 atom stereocenters. The van der Waals surface area contributed by atoms with Gasteiger partial charge in [-0.2, -0.15) is 0 Å². The van der Waals surface area contributed by atoms with Crippen LogP contribution in [0.4, 0.5) is 0 Å². The van der Waals surface area contributed by atoms with Crippen molar-refractivity contribution in [2.75, 3.05) is 58.9 Å². The van der Waals surface area contributed by atoms with Crippen molar-refractivity contribution in [1.29, 1.82) is 0 Å². The predicted octanol–water partition coefficient (Wildman–Crippen LogP) is -2.47. The van der Waals surface area contributed by atoms with Crippen molar-refractivity contribution >= 4 is 0 Å². The molecular weight excluding hydrogens is 442 g/mol. The molecular formula is C20H43Br2N3. The summed E-state index contributed by atoms with van der Waals surface area (Å²) in [6.07, 6.45) is 14.6. The van der Waals surface area contributed by atoms with Crippen molar-refractivity contribution in [3.63, 3.8) is 0 Å². The summed E-state index contributed by atoms with van der Waals surface area (Å²) < 4.78 is 2.79. The van der Waals surface area contributed by atoms with Crippen LogP contribution in [0, 0.1) is 0 Å². The quantitative estimate of drug-likeness (QED) is 0.227. The average Bonchev–Trinajstić information content (AvgIpc) is 2.59. The van der Waals surface area contributed by atoms with Crippen molar-refractivity contribution < 1.29 is 42.9 Å². The molecule has 0 unspecified atom stereocenters. The van der Waals surface area contributed by atoms with E-state index in [0.717, 1.165) is 6.54 Å². The van der Waals surface area contributed by atoms with Crippen LogP contribution < -0.4 is 39.7 Å². The van der Waals surface area contributed by atoms with Gasteiger partial charge in [0.15, 0.2) is 0 Å². The van der Waals surface area contributed by atoms with Crippen molar-refractivity contribution in [3.05, 3.63) is 0 Å². The summed E-state index contributed by atoms with van der Waals surface area (Å²) in [4.78, 5) is 0. The molecule has 2 N–H and O–H groups in total. The Balaban J connectivity index is 0.00000288. The molecule has 0 spiro atoms. The fourth-order valence-corrected chi connectivity index (χ4v) is 4.82. The first-order valence-corrected chi connectivity index (χ1v) is 10.6. The third-order valence-electron chi connectivity index (χ3n) is 6.74. The zero-order valence-corrected chi connectivity index (χ0v) is 19.8. The van der Waals surface area contributed by atoms with Gasteiger partial charge in [0.25, 0.3) is 0 Å². The van der Waals surface area contributed by atoms with Gasteiger partial charge in [0, 0.05) is 6.54 Å². The molecule has 0 aromatic heterocycles. The zero-order valence-electron chi connectivity index (χ0n) is 16.7. The Hall–Kier alpha value is 0.840. The molecule has 0 aromatic rings. The molecule has 25 heavy (non-hydrogen) atoms. The standard InChI is InChI=1S/C20H43N3.2BrH/c1-2-3-4-5-6-7-8-9-10-11-13-22-15-18-23(14-12-21,19-16-22)20-17-22;;/h2-21H2,1H3;2*1H/q+2;;/p-2. The number of unbranched alkanes of at least 4 members (excludes halogenated alkanes) is 9. The highest BCUT2D eigenvalue weighted by atomic mass is 79.9. The van der Waals surface area contributed by atoms with Crippen LogP contribution in [-0.4, -0.2) is 67.9 Å². The fourth-order valence-electron chi connectivity index (χ4n) is 4.82. The second-order valence-electron chi connectivity index (χ2n) is 8.44. The first-order chi connectivity index (χ1) is 11.2. The van der Waals surface area contributed by atoms with Crippen LogP contribution in [0.1, 0.15) is 71.1 Å². The van der Waals surface area contributed by atoms with E-state index in [4.69, 9.17) is 5.73 Å². The van der Waals surface area contributed by atoms with Crippen LogP contribution in [0.3, 0.4) is 0 Å². The second-order valence-corrected chi connectivity index (χ2v) is 8.44. The highest BCUT2D eigenvalue weighted by Gasteiger charge is 2.47. The second kappa shape index (κ2) is 13.9. The lowest BCUT2D eigenvalue weighted by Gasteiger charge is -2.55. The molecule has 5 heteroatoms. The molecule has 2 bridgehead atoms. The minimum Gasteiger partial charge on any atom is -1.00 e. The van der Waals surface area contributed by atoms with Crippen LogP contribution in [0.5, 0.6) is 0 Å². The number of hydrogen-bond acceptors (Lipinski definition) is 1. The van der Waals surface area contributed by atoms with Crippen LogP contribution in [0.2, 0.25) is 0 Å². The van der Waals surface area contributed by atoms with Crippen molar-refractivity contribution in [1.82, 2.24) is 0 Å². The van der Waals surface area contributed by atoms with Gasteiger partial charge in [-0.1, -0.05) is 58.3 Å². The molecule has 0 radical (unpaired) electrons. The Bertz CT molecular complexity index is 302. The van der Waals surface area contributed by atoms with E-state index in [-0.39, 0.29) is 34.0 Å². The third-order valence-corrected chi connectivity index (χ3v) is 6.74. The zero-order chi connectivity index (χ0) is 16.4. The molecule has 3 aliphatic rings. The largest absolute Gasteiger partial charge is 1.00 e. The van der Waals surface area contributed by atoms with Crippen molar-refractivity contribution in [2.45, 2.75) is 71.1 Å². The summed E-state index contributed by atoms with van der Waals surface area (Å²) >= 11 is 0. The Morgan fingerprint density at radius 1 is 0.560 bits per heavy atom. The van der Waals surface area contributed by atoms with Crippen LogP contribution in [0.15, 0.2) is 0 Å². The Labute approximate surface area is 178 Å². The van der Waals surface area contributed by atoms with E-state index in [1.54, 1.807) is 0 Å². The van der Waals surface area contributed by atoms with Gasteiger partial charge in [-0.3, -0.25) is 0 Å². The first kappa shape index (κ1) is 25.8. The van der Waals surface area contributed by atoms with Crippen LogP contribution in [0.25, 0.3) is 0 Å². The van der Waals surface area contributed by atoms with Gasteiger partial charge in [-0.25, -0.2) is 0 Å². The van der Waals surface area contributed by atoms with Crippen LogP contribution in [-0.2, 0) is 0 Å². The summed E-state index contributed by atoms with van der Waals surface area (Å²) in [5, 5.41) is 0. The van der Waals surface area contributed by atoms with Gasteiger partial charge in [0.05, 0.1) is 13.1 Å². The first-order valence-electron chi connectivity index (χ1n) is 10.6. The summed E-state index contributed by atoms with van der Waals surface area (Å²) in [5.74, 6) is 0. The highest BCUT2D eigenvalue weighted by Crippen LogP contribution is 2.27. The molecule has 0 aliphatic carbocycles. The maximum Gasteiger partial charge on any atom is 0.129 e. The number of nitrogens with zero attached hydrogens (tertiary/aromatic N) is 2. The lowest BCUT2D eigenvalue weighted by Crippen LogP contribution is -3.00. The lowest BCUT2D eigenvalue weighted by atomic mass is 10.0. The Morgan fingerprint density at radius 2 is 0.920 bits per heavy atom. The number of quaternary nitrogens is 2. The van der Waals surface area contributed by atoms with Gasteiger partial charge < -0.3 is 48.7 Å². The Morgan fingerprint density at radius 3 is 1.32 bits per heavy atom. The molecule has 3 aliphatic heterocycles. The number of piperazine rings is 3. The molecule has 3 fully saturated rings. The topological polar surface area (TPSA) is 26.0 Å². The van der Waals surface area contributed by atoms with E-state index in [1.807, 2.05) is 0 Å². The predicted molar refractivity (Wildman–Crippen MR) is 100 cm³/mol. The fraction of sp³-hybridized carbons (Fsp3) is 1.00. The van der Waals surface area contributed by atoms with E-state index >= 15 is 0 Å². The van der Waals surface area contributed by atoms with Gasteiger partial charge in [0.2, 0.25) is 0 Å². The monoisotopic (exact) mass is 483 g/mol. The molecule has 0 saturated carbocycles. The van der Waals surface area contributed by atoms with Crippen LogP contribution >= 0.6 is 0 Å². The smallest absolute Gasteiger partial charge is 0.129 e. The average molecular weight is 485 g/mol. The molecule has 3 heterocycles. The molecule has 0 amide bonds. The summed E-state index contributed by atoms with van der Waals surface area (Å²) in [6.45, 7) is 14.3. The van der Waals surface area contributed by atoms with Gasteiger partial charge in [-0.05, 0) is 12.8 Å². The summed E-state index contributed by atoms with van der Waals surface area (Å²) in [7, 11) is 0. The third kappa shape index (κ3) is 8.59. The summed E-state index contributed by atoms with van der Waals surface area (Å²) in [6, 6.07) is 0. The molecule has 3 nitrogen and oxygen atoms in total. The molecule has 3 rings (SSSR count). The lowest BCUT2D eigenvalue weighted by molar-refractivity contribution is -1.08. The normalized spacial score (nSPS) is 27.6. The van der Waals surface area contributed by atoms with E-state index in [9.17, 15) is 0 Å². The van der Waals surface area contributed by atoms with E-state index in [1.165, 1.54) is 126 Å². The maximum absolute atomic E-state index is 5.82. The minimum atomic E-state index is 0. The minimum absolute atomic E-state index is 0. The molecule has 0 aromatic carbocycles. The number of fused-ring (bicyclic) bond motifs is 3. The number of nitrogens with two attached hydrogens (primary N) is 1. The SMILES string of the molecule is CCCCCCCCCCCC[N+]12CC[N+](CCN)(CC1)CC2.[Br-].[Br-]. The summed E-state index contributed by atoms with van der Waals surface area (Å²) in [5.41, 5.74) is 5.82. The molecule has 152 valence electrons. The number of rotatable bonds is 13. The van der Waals surface area contributed by atoms with Crippen molar-refractivity contribution in [3.8, 4) is 0 Å². The maximum atomic E-state index is 5.82.